The van der Waals surface area contributed by atoms with Crippen molar-refractivity contribution in [3.63, 3.8) is 0 Å². The smallest absolute Gasteiger partial charge is 0.272 e. The third kappa shape index (κ3) is 10.2. The van der Waals surface area contributed by atoms with Gasteiger partial charge in [-0.25, -0.2) is 5.01 Å². The van der Waals surface area contributed by atoms with Gasteiger partial charge in [-0.2, -0.15) is 5.01 Å². The van der Waals surface area contributed by atoms with E-state index < -0.39 is 11.8 Å². The van der Waals surface area contributed by atoms with E-state index in [1.165, 1.54) is 88.1 Å². The summed E-state index contributed by atoms with van der Waals surface area (Å²) < 4.78 is 0. The summed E-state index contributed by atoms with van der Waals surface area (Å²) in [6, 6.07) is 8.94. The zero-order valence-electron chi connectivity index (χ0n) is 23.5. The van der Waals surface area contributed by atoms with Crippen LogP contribution in [-0.2, 0) is 14.4 Å². The van der Waals surface area contributed by atoms with E-state index in [4.69, 9.17) is 11.6 Å². The van der Waals surface area contributed by atoms with E-state index in [2.05, 4.69) is 17.2 Å². The van der Waals surface area contributed by atoms with Gasteiger partial charge in [0.15, 0.2) is 5.82 Å². The van der Waals surface area contributed by atoms with Crippen molar-refractivity contribution in [1.82, 2.24) is 5.01 Å². The summed E-state index contributed by atoms with van der Waals surface area (Å²) in [4.78, 5) is 38.0. The number of hydrazine groups is 1. The van der Waals surface area contributed by atoms with E-state index in [1.807, 2.05) is 6.07 Å². The monoisotopic (exact) mass is 556 g/mol. The van der Waals surface area contributed by atoms with Crippen molar-refractivity contribution in [3.8, 4) is 0 Å². The van der Waals surface area contributed by atoms with Gasteiger partial charge in [0.2, 0.25) is 5.91 Å². The first-order chi connectivity index (χ1) is 19.0. The molecule has 8 heteroatoms. The largest absolute Gasteiger partial charge is 0.292 e. The molecule has 0 spiro atoms. The first-order valence-electron chi connectivity index (χ1n) is 15.0. The average molecular weight is 557 g/mol. The van der Waals surface area contributed by atoms with Crippen LogP contribution >= 0.6 is 11.6 Å². The number of halogens is 1. The number of hydrogen-bond donors (Lipinski definition) is 0. The maximum absolute atomic E-state index is 13.3. The number of anilines is 1. The van der Waals surface area contributed by atoms with Gasteiger partial charge in [0, 0.05) is 11.8 Å². The number of para-hydroxylation sites is 1. The fraction of sp³-hybridized carbons (Fsp3) is 0.645. The molecule has 2 heterocycles. The van der Waals surface area contributed by atoms with Crippen LogP contribution in [0.15, 0.2) is 52.5 Å². The quantitative estimate of drug-likeness (QED) is 0.0915. The molecule has 3 rings (SSSR count). The topological polar surface area (TPSA) is 82.4 Å². The number of amides is 3. The lowest BCUT2D eigenvalue weighted by Gasteiger charge is -2.30. The van der Waals surface area contributed by atoms with Crippen molar-refractivity contribution >= 4 is 35.0 Å². The molecule has 214 valence electrons. The summed E-state index contributed by atoms with van der Waals surface area (Å²) >= 11 is 6.63. The molecule has 1 aromatic carbocycles. The van der Waals surface area contributed by atoms with E-state index in [-0.39, 0.29) is 29.4 Å². The Kier molecular flexibility index (Phi) is 13.7. The van der Waals surface area contributed by atoms with Crippen LogP contribution in [0, 0.1) is 5.92 Å². The molecule has 39 heavy (non-hydrogen) atoms. The second-order valence-electron chi connectivity index (χ2n) is 10.9. The van der Waals surface area contributed by atoms with E-state index in [0.717, 1.165) is 24.3 Å². The van der Waals surface area contributed by atoms with Gasteiger partial charge in [-0.15, -0.1) is 21.8 Å². The highest BCUT2D eigenvalue weighted by Gasteiger charge is 2.44. The number of alkyl halides is 1. The number of carbonyl (C=O) groups excluding carboxylic acids is 3. The number of nitrogens with zero attached hydrogens (tertiary/aromatic N) is 4. The third-order valence-corrected chi connectivity index (χ3v) is 7.94. The van der Waals surface area contributed by atoms with Gasteiger partial charge in [0.25, 0.3) is 11.8 Å². The first kappa shape index (κ1) is 31.0. The summed E-state index contributed by atoms with van der Waals surface area (Å²) in [5, 5.41) is 9.74. The lowest BCUT2D eigenvalue weighted by Crippen LogP contribution is -2.46. The van der Waals surface area contributed by atoms with Gasteiger partial charge in [-0.3, -0.25) is 14.4 Å². The fourth-order valence-corrected chi connectivity index (χ4v) is 5.72. The molecular formula is C31H45ClN4O3. The molecule has 7 nitrogen and oxygen atoms in total. The Hall–Kier alpha value is -2.54. The van der Waals surface area contributed by atoms with Crippen LogP contribution in [0.25, 0.3) is 0 Å². The van der Waals surface area contributed by atoms with Crippen LogP contribution in [0.4, 0.5) is 5.69 Å². The van der Waals surface area contributed by atoms with Gasteiger partial charge in [-0.05, 0) is 25.0 Å². The molecular weight excluding hydrogens is 512 g/mol. The molecule has 3 amide bonds. The molecule has 0 aliphatic carbocycles. The number of azo groups is 1. The Labute approximate surface area is 239 Å². The minimum Gasteiger partial charge on any atom is -0.272 e. The Morgan fingerprint density at radius 3 is 1.95 bits per heavy atom. The van der Waals surface area contributed by atoms with Crippen molar-refractivity contribution in [2.24, 2.45) is 16.1 Å². The summed E-state index contributed by atoms with van der Waals surface area (Å²) in [6.45, 7) is 2.26. The number of rotatable bonds is 20. The van der Waals surface area contributed by atoms with Crippen LogP contribution in [0.3, 0.4) is 0 Å². The summed E-state index contributed by atoms with van der Waals surface area (Å²) in [6.07, 6.45) is 21.0. The molecule has 0 saturated carbocycles. The van der Waals surface area contributed by atoms with Gasteiger partial charge in [-0.1, -0.05) is 115 Å². The molecule has 2 unspecified atom stereocenters. The minimum atomic E-state index is -0.518. The zero-order chi connectivity index (χ0) is 27.9. The minimum absolute atomic E-state index is 0.0997. The molecule has 1 aromatic rings. The van der Waals surface area contributed by atoms with E-state index in [9.17, 15) is 14.4 Å². The number of benzene rings is 1. The Balaban J connectivity index is 1.33. The van der Waals surface area contributed by atoms with Crippen molar-refractivity contribution < 1.29 is 14.4 Å². The van der Waals surface area contributed by atoms with Crippen LogP contribution in [0.5, 0.6) is 0 Å². The zero-order valence-corrected chi connectivity index (χ0v) is 24.3. The number of unbranched alkanes of at least 4 members (excludes halogenated alkanes) is 13. The van der Waals surface area contributed by atoms with E-state index >= 15 is 0 Å². The predicted molar refractivity (Wildman–Crippen MR) is 156 cm³/mol. The molecule has 1 fully saturated rings. The molecule has 0 radical (unpaired) electrons. The van der Waals surface area contributed by atoms with Crippen LogP contribution in [-0.4, -0.2) is 28.1 Å². The summed E-state index contributed by atoms with van der Waals surface area (Å²) in [5.74, 6) is -1.49. The number of hydrogen-bond acceptors (Lipinski definition) is 5. The number of carbonyl (C=O) groups is 3. The normalized spacial score (nSPS) is 17.8. The molecule has 2 aliphatic heterocycles. The standard InChI is InChI=1S/C31H45ClN4O3/c1-2-3-4-5-6-7-8-9-10-11-12-13-14-16-19-26(32)22-25-23-30(38)36(31(25)39)35(27-20-17-15-18-21-27)28-24-29(37)34-33-28/h15,17-18,20-21,24-26H,2-14,16,19,22-23H2,1H3. The highest BCUT2D eigenvalue weighted by atomic mass is 35.5. The van der Waals surface area contributed by atoms with Crippen molar-refractivity contribution in [1.29, 1.82) is 0 Å². The molecule has 0 N–H and O–H groups in total. The second-order valence-corrected chi connectivity index (χ2v) is 11.5. The Morgan fingerprint density at radius 2 is 1.41 bits per heavy atom. The lowest BCUT2D eigenvalue weighted by atomic mass is 9.98. The average Bonchev–Trinajstić information content (AvgIpc) is 3.47. The van der Waals surface area contributed by atoms with Gasteiger partial charge >= 0.3 is 0 Å². The molecule has 1 saturated heterocycles. The van der Waals surface area contributed by atoms with Crippen LogP contribution < -0.4 is 5.01 Å². The SMILES string of the molecule is CCCCCCCCCCCCCCCCC(Cl)CC1CC(=O)N(N(C2=CC(=O)N=N2)c2ccccc2)C1=O. The van der Waals surface area contributed by atoms with E-state index in [1.54, 1.807) is 24.3 Å². The van der Waals surface area contributed by atoms with Crippen molar-refractivity contribution in [3.05, 3.63) is 42.2 Å². The Bertz CT molecular complexity index is 981. The highest BCUT2D eigenvalue weighted by Crippen LogP contribution is 2.33. The highest BCUT2D eigenvalue weighted by molar-refractivity contribution is 6.20. The number of imide groups is 1. The van der Waals surface area contributed by atoms with Crippen molar-refractivity contribution in [2.45, 2.75) is 121 Å². The second kappa shape index (κ2) is 17.2. The first-order valence-corrected chi connectivity index (χ1v) is 15.5. The molecule has 0 aromatic heterocycles. The third-order valence-electron chi connectivity index (χ3n) is 7.55. The predicted octanol–water partition coefficient (Wildman–Crippen LogP) is 8.49. The van der Waals surface area contributed by atoms with Gasteiger partial charge < -0.3 is 0 Å². The Morgan fingerprint density at radius 1 is 0.846 bits per heavy atom. The maximum Gasteiger partial charge on any atom is 0.292 e. The molecule has 2 atom stereocenters. The molecule has 0 bridgehead atoms. The lowest BCUT2D eigenvalue weighted by molar-refractivity contribution is -0.139. The summed E-state index contributed by atoms with van der Waals surface area (Å²) in [5.41, 5.74) is 0.560. The van der Waals surface area contributed by atoms with Gasteiger partial charge in [0.1, 0.15) is 0 Å². The van der Waals surface area contributed by atoms with Crippen LogP contribution in [0.1, 0.15) is 116 Å². The van der Waals surface area contributed by atoms with Gasteiger partial charge in [0.05, 0.1) is 17.7 Å². The summed E-state index contributed by atoms with van der Waals surface area (Å²) in [7, 11) is 0. The van der Waals surface area contributed by atoms with Crippen LogP contribution in [0.2, 0.25) is 0 Å². The fourth-order valence-electron chi connectivity index (χ4n) is 5.35. The van der Waals surface area contributed by atoms with Crippen molar-refractivity contribution in [2.75, 3.05) is 5.01 Å². The maximum atomic E-state index is 13.3. The van der Waals surface area contributed by atoms with E-state index in [0.29, 0.717) is 12.1 Å². The molecule has 2 aliphatic rings.